The smallest absolute Gasteiger partial charge is 0.0122 e. The van der Waals surface area contributed by atoms with Crippen LogP contribution in [0.2, 0.25) is 0 Å². The Kier molecular flexibility index (Phi) is 5.07. The molecule has 0 spiro atoms. The van der Waals surface area contributed by atoms with E-state index in [0.717, 1.165) is 0 Å². The Balaban J connectivity index is 4.34. The van der Waals surface area contributed by atoms with Crippen molar-refractivity contribution in [2.24, 2.45) is 0 Å². The maximum absolute atomic E-state index is 3.69. The van der Waals surface area contributed by atoms with Crippen LogP contribution in [0.5, 0.6) is 0 Å². The molecular weight excluding hydrogens is 164 g/mol. The van der Waals surface area contributed by atoms with Gasteiger partial charge in [-0.25, -0.2) is 0 Å². The molecule has 0 N–H and O–H groups in total. The Bertz CT molecular complexity index is 192. The van der Waals surface area contributed by atoms with Crippen molar-refractivity contribution in [3.05, 3.63) is 35.8 Å². The molecule has 0 aromatic heterocycles. The highest BCUT2D eigenvalue weighted by atomic mass is 32.2. The van der Waals surface area contributed by atoms with E-state index in [4.69, 9.17) is 0 Å². The zero-order chi connectivity index (χ0) is 9.61. The molecule has 0 radical (unpaired) electrons. The molecule has 0 saturated carbocycles. The molecule has 0 aliphatic carbocycles. The molecule has 0 heterocycles. The first-order valence-corrected chi connectivity index (χ1v) is 4.95. The normalized spacial score (nSPS) is 13.8. The molecule has 0 saturated heterocycles. The van der Waals surface area contributed by atoms with Crippen LogP contribution in [-0.2, 0) is 0 Å². The summed E-state index contributed by atoms with van der Waals surface area (Å²) in [5, 5.41) is 0. The van der Waals surface area contributed by atoms with Crippen LogP contribution in [0.1, 0.15) is 27.7 Å². The van der Waals surface area contributed by atoms with Crippen LogP contribution in [0.3, 0.4) is 0 Å². The maximum Gasteiger partial charge on any atom is 0.0122 e. The lowest BCUT2D eigenvalue weighted by Gasteiger charge is -2.17. The first-order valence-electron chi connectivity index (χ1n) is 4.14. The number of hydrogen-bond donors (Lipinski definition) is 0. The zero-order valence-electron chi connectivity index (χ0n) is 8.42. The fraction of sp³-hybridized carbons (Fsp3) is 0.455. The van der Waals surface area contributed by atoms with Gasteiger partial charge in [-0.05, 0) is 13.0 Å². The average molecular weight is 182 g/mol. The molecule has 0 aromatic rings. The van der Waals surface area contributed by atoms with E-state index >= 15 is 0 Å². The average Bonchev–Trinajstić information content (AvgIpc) is 1.84. The van der Waals surface area contributed by atoms with Gasteiger partial charge in [-0.2, -0.15) is 0 Å². The summed E-state index contributed by atoms with van der Waals surface area (Å²) in [6.07, 6.45) is 8.02. The third-order valence-corrected chi connectivity index (χ3v) is 2.16. The summed E-state index contributed by atoms with van der Waals surface area (Å²) < 4.78 is 0.272. The van der Waals surface area contributed by atoms with Gasteiger partial charge in [-0.15, -0.1) is 11.8 Å². The Hall–Kier alpha value is -0.430. The lowest BCUT2D eigenvalue weighted by molar-refractivity contribution is 0.807. The number of allylic oxidation sites excluding steroid dienone is 4. The van der Waals surface area contributed by atoms with Crippen molar-refractivity contribution in [3.63, 3.8) is 0 Å². The van der Waals surface area contributed by atoms with Crippen LogP contribution in [0.25, 0.3) is 0 Å². The fourth-order valence-electron chi connectivity index (χ4n) is 0.758. The van der Waals surface area contributed by atoms with Crippen molar-refractivity contribution in [2.75, 3.05) is 0 Å². The van der Waals surface area contributed by atoms with Crippen molar-refractivity contribution in [1.82, 2.24) is 0 Å². The van der Waals surface area contributed by atoms with Crippen molar-refractivity contribution in [3.8, 4) is 0 Å². The summed E-state index contributed by atoms with van der Waals surface area (Å²) in [4.78, 5) is 1.26. The van der Waals surface area contributed by atoms with Crippen molar-refractivity contribution >= 4 is 11.8 Å². The molecule has 0 rings (SSSR count). The van der Waals surface area contributed by atoms with E-state index in [1.807, 2.05) is 36.9 Å². The highest BCUT2D eigenvalue weighted by Crippen LogP contribution is 2.31. The van der Waals surface area contributed by atoms with E-state index < -0.39 is 0 Å². The van der Waals surface area contributed by atoms with Gasteiger partial charge in [0.15, 0.2) is 0 Å². The molecule has 12 heavy (non-hydrogen) atoms. The van der Waals surface area contributed by atoms with E-state index in [1.54, 1.807) is 0 Å². The number of rotatable bonds is 3. The predicted molar refractivity (Wildman–Crippen MR) is 60.4 cm³/mol. The molecule has 0 bridgehead atoms. The SMILES string of the molecule is C=C/C=C(\C=C/C)SC(C)(C)C. The standard InChI is InChI=1S/C11H18S/c1-6-8-10(9-7-2)12-11(3,4)5/h6-9H,1H2,2-5H3/b9-7-,10-8+. The van der Waals surface area contributed by atoms with Crippen LogP contribution in [0, 0.1) is 0 Å². The van der Waals surface area contributed by atoms with E-state index in [0.29, 0.717) is 0 Å². The quantitative estimate of drug-likeness (QED) is 0.590. The number of thioether (sulfide) groups is 1. The molecule has 1 heteroatoms. The summed E-state index contributed by atoms with van der Waals surface area (Å²) in [6, 6.07) is 0. The van der Waals surface area contributed by atoms with E-state index in [-0.39, 0.29) is 4.75 Å². The van der Waals surface area contributed by atoms with Crippen molar-refractivity contribution < 1.29 is 0 Å². The van der Waals surface area contributed by atoms with Gasteiger partial charge in [0.05, 0.1) is 0 Å². The lowest BCUT2D eigenvalue weighted by atomic mass is 10.3. The summed E-state index contributed by atoms with van der Waals surface area (Å²) in [5.74, 6) is 0. The second kappa shape index (κ2) is 5.26. The third kappa shape index (κ3) is 6.29. The molecule has 0 atom stereocenters. The van der Waals surface area contributed by atoms with Crippen LogP contribution in [-0.4, -0.2) is 4.75 Å². The van der Waals surface area contributed by atoms with Crippen LogP contribution >= 0.6 is 11.8 Å². The molecule has 0 aliphatic heterocycles. The van der Waals surface area contributed by atoms with Crippen molar-refractivity contribution in [1.29, 1.82) is 0 Å². The molecule has 0 aliphatic rings. The minimum absolute atomic E-state index is 0.272. The fourth-order valence-corrected chi connectivity index (χ4v) is 1.83. The summed E-state index contributed by atoms with van der Waals surface area (Å²) in [5.41, 5.74) is 0. The summed E-state index contributed by atoms with van der Waals surface area (Å²) >= 11 is 1.85. The van der Waals surface area contributed by atoms with Crippen LogP contribution < -0.4 is 0 Å². The first kappa shape index (κ1) is 11.6. The van der Waals surface area contributed by atoms with E-state index in [2.05, 4.69) is 33.4 Å². The Morgan fingerprint density at radius 1 is 1.33 bits per heavy atom. The molecule has 0 unspecified atom stereocenters. The highest BCUT2D eigenvalue weighted by molar-refractivity contribution is 8.04. The second-order valence-electron chi connectivity index (χ2n) is 3.52. The van der Waals surface area contributed by atoms with Gasteiger partial charge >= 0.3 is 0 Å². The highest BCUT2D eigenvalue weighted by Gasteiger charge is 2.11. The second-order valence-corrected chi connectivity index (χ2v) is 5.42. The molecular formula is C11H18S. The molecule has 0 aromatic carbocycles. The summed E-state index contributed by atoms with van der Waals surface area (Å²) in [6.45, 7) is 12.3. The van der Waals surface area contributed by atoms with Gasteiger partial charge < -0.3 is 0 Å². The molecule has 68 valence electrons. The molecule has 0 nitrogen and oxygen atoms in total. The predicted octanol–water partition coefficient (Wildman–Crippen LogP) is 4.16. The summed E-state index contributed by atoms with van der Waals surface area (Å²) in [7, 11) is 0. The van der Waals surface area contributed by atoms with Crippen molar-refractivity contribution in [2.45, 2.75) is 32.4 Å². The van der Waals surface area contributed by atoms with Gasteiger partial charge in [0, 0.05) is 9.65 Å². The number of hydrogen-bond acceptors (Lipinski definition) is 1. The van der Waals surface area contributed by atoms with Gasteiger partial charge in [0.25, 0.3) is 0 Å². The Morgan fingerprint density at radius 2 is 1.92 bits per heavy atom. The van der Waals surface area contributed by atoms with Crippen LogP contribution in [0.15, 0.2) is 35.8 Å². The maximum atomic E-state index is 3.69. The zero-order valence-corrected chi connectivity index (χ0v) is 9.24. The molecule has 0 fully saturated rings. The Labute approximate surface area is 80.4 Å². The van der Waals surface area contributed by atoms with E-state index in [1.165, 1.54) is 4.91 Å². The monoisotopic (exact) mass is 182 g/mol. The van der Waals surface area contributed by atoms with Gasteiger partial charge in [0.1, 0.15) is 0 Å². The topological polar surface area (TPSA) is 0 Å². The van der Waals surface area contributed by atoms with Gasteiger partial charge in [-0.1, -0.05) is 45.6 Å². The lowest BCUT2D eigenvalue weighted by Crippen LogP contribution is -2.06. The van der Waals surface area contributed by atoms with Gasteiger partial charge in [-0.3, -0.25) is 0 Å². The van der Waals surface area contributed by atoms with Gasteiger partial charge in [0.2, 0.25) is 0 Å². The largest absolute Gasteiger partial charge is 0.120 e. The minimum Gasteiger partial charge on any atom is -0.120 e. The van der Waals surface area contributed by atoms with E-state index in [9.17, 15) is 0 Å². The van der Waals surface area contributed by atoms with Crippen LogP contribution in [0.4, 0.5) is 0 Å². The Morgan fingerprint density at radius 3 is 2.25 bits per heavy atom. The minimum atomic E-state index is 0.272. The molecule has 0 amide bonds. The third-order valence-electron chi connectivity index (χ3n) is 1.04. The first-order chi connectivity index (χ1) is 5.49.